The summed E-state index contributed by atoms with van der Waals surface area (Å²) in [4.78, 5) is 22.2. The number of fused-ring (bicyclic) bond motifs is 1. The molecule has 0 radical (unpaired) electrons. The van der Waals surface area contributed by atoms with Gasteiger partial charge in [0.05, 0.1) is 7.11 Å². The maximum Gasteiger partial charge on any atom is 0.351 e. The van der Waals surface area contributed by atoms with E-state index in [0.29, 0.717) is 22.3 Å². The van der Waals surface area contributed by atoms with Gasteiger partial charge < -0.3 is 14.3 Å². The number of aromatic carboxylic acids is 1. The lowest BCUT2D eigenvalue weighted by Crippen LogP contribution is -2.13. The zero-order chi connectivity index (χ0) is 12.6. The Morgan fingerprint density at radius 2 is 2.12 bits per heavy atom. The molecule has 0 aliphatic carbocycles. The monoisotopic (exact) mass is 234 g/mol. The van der Waals surface area contributed by atoms with Gasteiger partial charge in [0.1, 0.15) is 16.9 Å². The molecule has 5 heteroatoms. The highest BCUT2D eigenvalue weighted by molar-refractivity contribution is 5.92. The fraction of sp³-hybridized carbons (Fsp3) is 0.167. The number of carbonyl (C=O) groups is 1. The third-order valence-corrected chi connectivity index (χ3v) is 2.55. The van der Waals surface area contributed by atoms with Gasteiger partial charge >= 0.3 is 11.6 Å². The predicted octanol–water partition coefficient (Wildman–Crippen LogP) is 1.81. The van der Waals surface area contributed by atoms with E-state index >= 15 is 0 Å². The molecule has 88 valence electrons. The minimum atomic E-state index is -1.30. The minimum absolute atomic E-state index is 0.347. The smallest absolute Gasteiger partial charge is 0.351 e. The van der Waals surface area contributed by atoms with E-state index in [4.69, 9.17) is 14.3 Å². The van der Waals surface area contributed by atoms with Crippen LogP contribution in [0.2, 0.25) is 0 Å². The molecule has 5 nitrogen and oxygen atoms in total. The van der Waals surface area contributed by atoms with Crippen LogP contribution in [0.25, 0.3) is 11.0 Å². The number of aryl methyl sites for hydroxylation is 1. The summed E-state index contributed by atoms with van der Waals surface area (Å²) < 4.78 is 10.1. The van der Waals surface area contributed by atoms with E-state index in [0.717, 1.165) is 0 Å². The van der Waals surface area contributed by atoms with Crippen molar-refractivity contribution >= 4 is 16.9 Å². The van der Waals surface area contributed by atoms with Crippen LogP contribution in [0.15, 0.2) is 27.4 Å². The van der Waals surface area contributed by atoms with Gasteiger partial charge in [0.15, 0.2) is 0 Å². The first-order valence-corrected chi connectivity index (χ1v) is 4.89. The molecule has 0 saturated heterocycles. The summed E-state index contributed by atoms with van der Waals surface area (Å²) in [5.41, 5.74) is -0.221. The van der Waals surface area contributed by atoms with Gasteiger partial charge in [-0.3, -0.25) is 0 Å². The van der Waals surface area contributed by atoms with Crippen LogP contribution in [0.4, 0.5) is 0 Å². The van der Waals surface area contributed by atoms with Crippen LogP contribution in [-0.4, -0.2) is 18.2 Å². The number of ether oxygens (including phenoxy) is 1. The maximum atomic E-state index is 11.4. The normalized spacial score (nSPS) is 10.5. The summed E-state index contributed by atoms with van der Waals surface area (Å²) in [5.74, 6) is -0.710. The van der Waals surface area contributed by atoms with E-state index in [-0.39, 0.29) is 5.56 Å². The van der Waals surface area contributed by atoms with Crippen molar-refractivity contribution < 1.29 is 19.1 Å². The van der Waals surface area contributed by atoms with Crippen molar-refractivity contribution in [2.24, 2.45) is 0 Å². The molecule has 1 aromatic heterocycles. The van der Waals surface area contributed by atoms with Crippen LogP contribution in [0.5, 0.6) is 5.75 Å². The number of rotatable bonds is 2. The standard InChI is InChI=1S/C12H10O5/c1-6-9(16-2)4-3-7-5-8(11(13)14)12(15)17-10(6)7/h3-5H,1-2H3,(H,13,14). The molecule has 0 fully saturated rings. The zero-order valence-corrected chi connectivity index (χ0v) is 9.31. The topological polar surface area (TPSA) is 76.7 Å². The summed E-state index contributed by atoms with van der Waals surface area (Å²) in [7, 11) is 1.51. The fourth-order valence-corrected chi connectivity index (χ4v) is 1.68. The van der Waals surface area contributed by atoms with E-state index in [9.17, 15) is 9.59 Å². The Morgan fingerprint density at radius 3 is 2.71 bits per heavy atom. The Bertz CT molecular complexity index is 654. The predicted molar refractivity (Wildman–Crippen MR) is 60.7 cm³/mol. The molecule has 2 aromatic rings. The Hall–Kier alpha value is -2.30. The van der Waals surface area contributed by atoms with Gasteiger partial charge in [0.25, 0.3) is 0 Å². The van der Waals surface area contributed by atoms with Gasteiger partial charge in [-0.05, 0) is 25.1 Å². The Balaban J connectivity index is 2.83. The van der Waals surface area contributed by atoms with E-state index in [1.54, 1.807) is 19.1 Å². The summed E-state index contributed by atoms with van der Waals surface area (Å²) in [6, 6.07) is 4.65. The van der Waals surface area contributed by atoms with Crippen LogP contribution < -0.4 is 10.4 Å². The van der Waals surface area contributed by atoms with Gasteiger partial charge in [0, 0.05) is 10.9 Å². The van der Waals surface area contributed by atoms with Crippen molar-refractivity contribution in [3.8, 4) is 5.75 Å². The highest BCUT2D eigenvalue weighted by Gasteiger charge is 2.14. The van der Waals surface area contributed by atoms with Gasteiger partial charge in [-0.1, -0.05) is 0 Å². The number of methoxy groups -OCH3 is 1. The summed E-state index contributed by atoms with van der Waals surface area (Å²) in [6.07, 6.45) is 0. The highest BCUT2D eigenvalue weighted by Crippen LogP contribution is 2.26. The van der Waals surface area contributed by atoms with Crippen molar-refractivity contribution in [1.82, 2.24) is 0 Å². The Labute approximate surface area is 96.2 Å². The first kappa shape index (κ1) is 11.2. The highest BCUT2D eigenvalue weighted by atomic mass is 16.5. The quantitative estimate of drug-likeness (QED) is 0.802. The molecular formula is C12H10O5. The Kier molecular flexibility index (Phi) is 2.59. The molecule has 0 atom stereocenters. The number of hydrogen-bond acceptors (Lipinski definition) is 4. The zero-order valence-electron chi connectivity index (χ0n) is 9.31. The first-order valence-electron chi connectivity index (χ1n) is 4.89. The average molecular weight is 234 g/mol. The van der Waals surface area contributed by atoms with Crippen molar-refractivity contribution in [1.29, 1.82) is 0 Å². The molecule has 17 heavy (non-hydrogen) atoms. The van der Waals surface area contributed by atoms with Crippen LogP contribution in [0, 0.1) is 6.92 Å². The summed E-state index contributed by atoms with van der Waals surface area (Å²) in [5, 5.41) is 9.37. The van der Waals surface area contributed by atoms with Gasteiger partial charge in [-0.15, -0.1) is 0 Å². The molecule has 0 spiro atoms. The van der Waals surface area contributed by atoms with Crippen molar-refractivity contribution in [3.63, 3.8) is 0 Å². The van der Waals surface area contributed by atoms with E-state index in [1.165, 1.54) is 13.2 Å². The third-order valence-electron chi connectivity index (χ3n) is 2.55. The van der Waals surface area contributed by atoms with Crippen molar-refractivity contribution in [2.75, 3.05) is 7.11 Å². The molecule has 1 heterocycles. The third kappa shape index (κ3) is 1.75. The van der Waals surface area contributed by atoms with Crippen molar-refractivity contribution in [3.05, 3.63) is 39.7 Å². The van der Waals surface area contributed by atoms with Gasteiger partial charge in [-0.25, -0.2) is 9.59 Å². The molecule has 0 amide bonds. The second-order valence-corrected chi connectivity index (χ2v) is 3.56. The fourth-order valence-electron chi connectivity index (χ4n) is 1.68. The second-order valence-electron chi connectivity index (χ2n) is 3.56. The molecule has 1 N–H and O–H groups in total. The molecule has 1 aromatic carbocycles. The Morgan fingerprint density at radius 1 is 1.41 bits per heavy atom. The van der Waals surface area contributed by atoms with Crippen LogP contribution >= 0.6 is 0 Å². The SMILES string of the molecule is COc1ccc2cc(C(=O)O)c(=O)oc2c1C. The second kappa shape index (κ2) is 3.93. The molecule has 0 saturated carbocycles. The van der Waals surface area contributed by atoms with Gasteiger partial charge in [0.2, 0.25) is 0 Å². The number of carboxylic acid groups (broad SMARTS) is 1. The number of carboxylic acids is 1. The molecular weight excluding hydrogens is 224 g/mol. The lowest BCUT2D eigenvalue weighted by molar-refractivity contribution is 0.0692. The first-order chi connectivity index (χ1) is 8.04. The van der Waals surface area contributed by atoms with E-state index in [2.05, 4.69) is 0 Å². The largest absolute Gasteiger partial charge is 0.496 e. The maximum absolute atomic E-state index is 11.4. The van der Waals surface area contributed by atoms with Gasteiger partial charge in [-0.2, -0.15) is 0 Å². The summed E-state index contributed by atoms with van der Waals surface area (Å²) in [6.45, 7) is 1.74. The van der Waals surface area contributed by atoms with E-state index < -0.39 is 11.6 Å². The number of hydrogen-bond donors (Lipinski definition) is 1. The summed E-state index contributed by atoms with van der Waals surface area (Å²) >= 11 is 0. The molecule has 2 rings (SSSR count). The number of benzene rings is 1. The van der Waals surface area contributed by atoms with Crippen LogP contribution in [-0.2, 0) is 0 Å². The average Bonchev–Trinajstić information content (AvgIpc) is 2.29. The van der Waals surface area contributed by atoms with Crippen molar-refractivity contribution in [2.45, 2.75) is 6.92 Å². The lowest BCUT2D eigenvalue weighted by atomic mass is 10.1. The lowest BCUT2D eigenvalue weighted by Gasteiger charge is -2.06. The van der Waals surface area contributed by atoms with Crippen LogP contribution in [0.3, 0.4) is 0 Å². The molecule has 0 unspecified atom stereocenters. The molecule has 0 bridgehead atoms. The molecule has 0 aliphatic rings. The minimum Gasteiger partial charge on any atom is -0.496 e. The van der Waals surface area contributed by atoms with E-state index in [1.807, 2.05) is 0 Å². The van der Waals surface area contributed by atoms with Crippen LogP contribution in [0.1, 0.15) is 15.9 Å². The molecule has 0 aliphatic heterocycles.